The molecule has 0 radical (unpaired) electrons. The molecule has 21 heavy (non-hydrogen) atoms. The van der Waals surface area contributed by atoms with E-state index in [1.54, 1.807) is 19.1 Å². The van der Waals surface area contributed by atoms with Gasteiger partial charge in [-0.1, -0.05) is 12.1 Å². The maximum absolute atomic E-state index is 13.2. The van der Waals surface area contributed by atoms with Gasteiger partial charge in [0.05, 0.1) is 12.0 Å². The first-order chi connectivity index (χ1) is 9.88. The van der Waals surface area contributed by atoms with E-state index in [2.05, 4.69) is 5.32 Å². The van der Waals surface area contributed by atoms with Gasteiger partial charge in [0.1, 0.15) is 5.82 Å². The molecule has 1 aromatic carbocycles. The topological polar surface area (TPSA) is 69.6 Å². The normalized spacial score (nSPS) is 19.4. The van der Waals surface area contributed by atoms with Gasteiger partial charge in [0.25, 0.3) is 0 Å². The molecule has 2 atom stereocenters. The number of carboxylic acids is 1. The highest BCUT2D eigenvalue weighted by Crippen LogP contribution is 2.19. The van der Waals surface area contributed by atoms with Crippen LogP contribution in [0.25, 0.3) is 0 Å². The molecule has 6 heteroatoms. The van der Waals surface area contributed by atoms with E-state index >= 15 is 0 Å². The number of rotatable bonds is 3. The van der Waals surface area contributed by atoms with Crippen LogP contribution < -0.4 is 5.32 Å². The molecule has 0 aromatic heterocycles. The zero-order valence-electron chi connectivity index (χ0n) is 12.1. The van der Waals surface area contributed by atoms with Crippen LogP contribution in [0.3, 0.4) is 0 Å². The predicted molar refractivity (Wildman–Crippen MR) is 75.4 cm³/mol. The first-order valence-corrected chi connectivity index (χ1v) is 6.92. The average Bonchev–Trinajstić information content (AvgIpc) is 2.91. The summed E-state index contributed by atoms with van der Waals surface area (Å²) in [6.45, 7) is 4.16. The number of nitrogens with one attached hydrogen (secondary N) is 1. The van der Waals surface area contributed by atoms with E-state index in [0.29, 0.717) is 18.5 Å². The van der Waals surface area contributed by atoms with E-state index < -0.39 is 11.9 Å². The summed E-state index contributed by atoms with van der Waals surface area (Å²) in [5, 5.41) is 11.8. The molecule has 1 saturated heterocycles. The standard InChI is InChI=1S/C15H19FN2O3/c1-9-7-11(3-4-13(9)16)10(2)17-15(21)18-6-5-12(8-18)14(19)20/h3-4,7,10,12H,5-6,8H2,1-2H3,(H,17,21)(H,19,20)/t10-,12?/m1/s1. The Morgan fingerprint density at radius 3 is 2.76 bits per heavy atom. The molecule has 1 aromatic rings. The zero-order chi connectivity index (χ0) is 15.6. The van der Waals surface area contributed by atoms with Gasteiger partial charge in [-0.3, -0.25) is 4.79 Å². The molecular formula is C15H19FN2O3. The molecule has 114 valence electrons. The minimum absolute atomic E-state index is 0.232. The molecule has 2 rings (SSSR count). The van der Waals surface area contributed by atoms with Gasteiger partial charge < -0.3 is 15.3 Å². The average molecular weight is 294 g/mol. The van der Waals surface area contributed by atoms with Crippen molar-refractivity contribution in [3.05, 3.63) is 35.1 Å². The lowest BCUT2D eigenvalue weighted by Crippen LogP contribution is -2.40. The highest BCUT2D eigenvalue weighted by Gasteiger charge is 2.31. The van der Waals surface area contributed by atoms with Gasteiger partial charge in [-0.15, -0.1) is 0 Å². The van der Waals surface area contributed by atoms with Crippen molar-refractivity contribution in [3.8, 4) is 0 Å². The summed E-state index contributed by atoms with van der Waals surface area (Å²) in [5.74, 6) is -1.63. The fourth-order valence-electron chi connectivity index (χ4n) is 2.44. The number of carboxylic acid groups (broad SMARTS) is 1. The van der Waals surface area contributed by atoms with E-state index in [-0.39, 0.29) is 24.4 Å². The third kappa shape index (κ3) is 3.51. The second-order valence-corrected chi connectivity index (χ2v) is 5.45. The van der Waals surface area contributed by atoms with Crippen molar-refractivity contribution >= 4 is 12.0 Å². The summed E-state index contributed by atoms with van der Waals surface area (Å²) in [6, 6.07) is 4.17. The number of nitrogens with zero attached hydrogens (tertiary/aromatic N) is 1. The maximum atomic E-state index is 13.2. The molecule has 0 bridgehead atoms. The molecule has 1 fully saturated rings. The van der Waals surface area contributed by atoms with Gasteiger partial charge in [0, 0.05) is 13.1 Å². The van der Waals surface area contributed by atoms with Crippen LogP contribution >= 0.6 is 0 Å². The number of aliphatic carboxylic acids is 1. The van der Waals surface area contributed by atoms with E-state index in [1.165, 1.54) is 11.0 Å². The number of aryl methyl sites for hydroxylation is 1. The highest BCUT2D eigenvalue weighted by atomic mass is 19.1. The molecule has 0 saturated carbocycles. The number of benzene rings is 1. The Labute approximate surface area is 122 Å². The Kier molecular flexibility index (Phi) is 4.45. The minimum Gasteiger partial charge on any atom is -0.481 e. The largest absolute Gasteiger partial charge is 0.481 e. The monoisotopic (exact) mass is 294 g/mol. The Hall–Kier alpha value is -2.11. The molecule has 1 aliphatic heterocycles. The van der Waals surface area contributed by atoms with Crippen LogP contribution in [0.5, 0.6) is 0 Å². The lowest BCUT2D eigenvalue weighted by atomic mass is 10.1. The fourth-order valence-corrected chi connectivity index (χ4v) is 2.44. The van der Waals surface area contributed by atoms with Crippen LogP contribution in [-0.4, -0.2) is 35.1 Å². The van der Waals surface area contributed by atoms with Gasteiger partial charge in [-0.25, -0.2) is 9.18 Å². The zero-order valence-corrected chi connectivity index (χ0v) is 12.1. The molecule has 5 nitrogen and oxygen atoms in total. The SMILES string of the molecule is Cc1cc([C@@H](C)NC(=O)N2CCC(C(=O)O)C2)ccc1F. The summed E-state index contributed by atoms with van der Waals surface area (Å²) in [7, 11) is 0. The highest BCUT2D eigenvalue weighted by molar-refractivity contribution is 5.77. The van der Waals surface area contributed by atoms with Crippen LogP contribution in [0, 0.1) is 18.7 Å². The van der Waals surface area contributed by atoms with Crippen LogP contribution in [-0.2, 0) is 4.79 Å². The number of hydrogen-bond donors (Lipinski definition) is 2. The Balaban J connectivity index is 1.96. The number of carbonyl (C=O) groups excluding carboxylic acids is 1. The number of hydrogen-bond acceptors (Lipinski definition) is 2. The van der Waals surface area contributed by atoms with Gasteiger partial charge in [-0.05, 0) is 37.5 Å². The van der Waals surface area contributed by atoms with Gasteiger partial charge in [0.15, 0.2) is 0 Å². The van der Waals surface area contributed by atoms with E-state index in [0.717, 1.165) is 5.56 Å². The van der Waals surface area contributed by atoms with Gasteiger partial charge in [-0.2, -0.15) is 0 Å². The molecular weight excluding hydrogens is 275 g/mol. The molecule has 2 N–H and O–H groups in total. The summed E-state index contributed by atoms with van der Waals surface area (Å²) in [6.07, 6.45) is 0.479. The van der Waals surface area contributed by atoms with Crippen molar-refractivity contribution in [1.82, 2.24) is 10.2 Å². The predicted octanol–water partition coefficient (Wildman–Crippen LogP) is 2.31. The van der Waals surface area contributed by atoms with Crippen LogP contribution in [0.1, 0.15) is 30.5 Å². The van der Waals surface area contributed by atoms with E-state index in [1.807, 2.05) is 6.92 Å². The molecule has 1 heterocycles. The molecule has 1 aliphatic rings. The van der Waals surface area contributed by atoms with Crippen molar-refractivity contribution in [2.24, 2.45) is 5.92 Å². The Morgan fingerprint density at radius 2 is 2.19 bits per heavy atom. The quantitative estimate of drug-likeness (QED) is 0.898. The first kappa shape index (κ1) is 15.3. The lowest BCUT2D eigenvalue weighted by molar-refractivity contribution is -0.141. The number of urea groups is 1. The molecule has 0 aliphatic carbocycles. The second kappa shape index (κ2) is 6.11. The number of likely N-dealkylation sites (tertiary alicyclic amines) is 1. The molecule has 0 spiro atoms. The summed E-state index contributed by atoms with van der Waals surface area (Å²) >= 11 is 0. The van der Waals surface area contributed by atoms with E-state index in [9.17, 15) is 14.0 Å². The van der Waals surface area contributed by atoms with Crippen molar-refractivity contribution < 1.29 is 19.1 Å². The number of halogens is 1. The summed E-state index contributed by atoms with van der Waals surface area (Å²) < 4.78 is 13.2. The van der Waals surface area contributed by atoms with Crippen molar-refractivity contribution in [1.29, 1.82) is 0 Å². The van der Waals surface area contributed by atoms with Crippen LogP contribution in [0.4, 0.5) is 9.18 Å². The van der Waals surface area contributed by atoms with Crippen LogP contribution in [0.2, 0.25) is 0 Å². The van der Waals surface area contributed by atoms with Crippen molar-refractivity contribution in [2.45, 2.75) is 26.3 Å². The number of carbonyl (C=O) groups is 2. The summed E-state index contributed by atoms with van der Waals surface area (Å²) in [5.41, 5.74) is 1.34. The Bertz CT molecular complexity index is 562. The second-order valence-electron chi connectivity index (χ2n) is 5.45. The van der Waals surface area contributed by atoms with Crippen LogP contribution in [0.15, 0.2) is 18.2 Å². The van der Waals surface area contributed by atoms with E-state index in [4.69, 9.17) is 5.11 Å². The third-order valence-electron chi connectivity index (χ3n) is 3.85. The summed E-state index contributed by atoms with van der Waals surface area (Å²) in [4.78, 5) is 24.5. The van der Waals surface area contributed by atoms with Crippen molar-refractivity contribution in [2.75, 3.05) is 13.1 Å². The smallest absolute Gasteiger partial charge is 0.317 e. The molecule has 2 amide bonds. The lowest BCUT2D eigenvalue weighted by Gasteiger charge is -2.21. The third-order valence-corrected chi connectivity index (χ3v) is 3.85. The van der Waals surface area contributed by atoms with Gasteiger partial charge >= 0.3 is 12.0 Å². The number of amides is 2. The van der Waals surface area contributed by atoms with Gasteiger partial charge in [0.2, 0.25) is 0 Å². The first-order valence-electron chi connectivity index (χ1n) is 6.92. The Morgan fingerprint density at radius 1 is 1.48 bits per heavy atom. The maximum Gasteiger partial charge on any atom is 0.317 e. The van der Waals surface area contributed by atoms with Crippen molar-refractivity contribution in [3.63, 3.8) is 0 Å². The minimum atomic E-state index is -0.868. The fraction of sp³-hybridized carbons (Fsp3) is 0.467. The molecule has 1 unspecified atom stereocenters.